The summed E-state index contributed by atoms with van der Waals surface area (Å²) in [6, 6.07) is 0.423. The van der Waals surface area contributed by atoms with Crippen molar-refractivity contribution in [3.8, 4) is 0 Å². The molecule has 0 amide bonds. The molecule has 3 heteroatoms. The van der Waals surface area contributed by atoms with Gasteiger partial charge in [-0.05, 0) is 40.5 Å². The molecule has 1 unspecified atom stereocenters. The number of hydrogen-bond acceptors (Lipinski definition) is 2. The summed E-state index contributed by atoms with van der Waals surface area (Å²) < 4.78 is 0. The van der Waals surface area contributed by atoms with Crippen LogP contribution in [0.15, 0.2) is 0 Å². The van der Waals surface area contributed by atoms with E-state index in [2.05, 4.69) is 32.6 Å². The monoisotopic (exact) mass is 199 g/mol. The van der Waals surface area contributed by atoms with E-state index in [1.54, 1.807) is 0 Å². The molecule has 1 N–H and O–H groups in total. The summed E-state index contributed by atoms with van der Waals surface area (Å²) in [6.07, 6.45) is 1.79. The maximum absolute atomic E-state index is 10.9. The molecule has 1 saturated heterocycles. The molecular weight excluding hydrogens is 178 g/mol. The first-order valence-electron chi connectivity index (χ1n) is 5.34. The summed E-state index contributed by atoms with van der Waals surface area (Å²) in [6.45, 7) is 9.36. The quantitative estimate of drug-likeness (QED) is 0.739. The molecule has 1 heterocycles. The van der Waals surface area contributed by atoms with Gasteiger partial charge in [-0.25, -0.2) is 0 Å². The van der Waals surface area contributed by atoms with Crippen LogP contribution in [0.3, 0.4) is 0 Å². The van der Waals surface area contributed by atoms with E-state index < -0.39 is 5.97 Å². The van der Waals surface area contributed by atoms with Crippen LogP contribution in [0, 0.1) is 5.92 Å². The highest BCUT2D eigenvalue weighted by Gasteiger charge is 2.37. The van der Waals surface area contributed by atoms with Crippen LogP contribution >= 0.6 is 0 Å². The van der Waals surface area contributed by atoms with Crippen molar-refractivity contribution in [2.75, 3.05) is 6.54 Å². The SMILES string of the molecule is CC(C)N1CC(C(=O)O)CCC1(C)C. The lowest BCUT2D eigenvalue weighted by Crippen LogP contribution is -2.54. The molecule has 1 rings (SSSR count). The minimum atomic E-state index is -0.647. The van der Waals surface area contributed by atoms with Gasteiger partial charge in [0.05, 0.1) is 5.92 Å². The second kappa shape index (κ2) is 3.89. The van der Waals surface area contributed by atoms with Gasteiger partial charge in [0, 0.05) is 18.1 Å². The molecule has 0 bridgehead atoms. The average molecular weight is 199 g/mol. The Kier molecular flexibility index (Phi) is 3.20. The zero-order valence-corrected chi connectivity index (χ0v) is 9.58. The molecule has 0 radical (unpaired) electrons. The second-order valence-corrected chi connectivity index (χ2v) is 5.13. The Labute approximate surface area is 86.1 Å². The van der Waals surface area contributed by atoms with Gasteiger partial charge in [0.2, 0.25) is 0 Å². The van der Waals surface area contributed by atoms with Gasteiger partial charge in [0.1, 0.15) is 0 Å². The van der Waals surface area contributed by atoms with Gasteiger partial charge in [-0.15, -0.1) is 0 Å². The van der Waals surface area contributed by atoms with Crippen LogP contribution in [0.5, 0.6) is 0 Å². The van der Waals surface area contributed by atoms with Crippen LogP contribution in [0.1, 0.15) is 40.5 Å². The summed E-state index contributed by atoms with van der Waals surface area (Å²) in [4.78, 5) is 13.2. The lowest BCUT2D eigenvalue weighted by molar-refractivity contribution is -0.145. The van der Waals surface area contributed by atoms with E-state index in [0.717, 1.165) is 12.8 Å². The molecule has 1 aliphatic rings. The van der Waals surface area contributed by atoms with Crippen LogP contribution in [-0.4, -0.2) is 34.1 Å². The first-order chi connectivity index (χ1) is 6.34. The Morgan fingerprint density at radius 3 is 2.50 bits per heavy atom. The number of likely N-dealkylation sites (tertiary alicyclic amines) is 1. The topological polar surface area (TPSA) is 40.5 Å². The first kappa shape index (κ1) is 11.5. The number of carbonyl (C=O) groups is 1. The van der Waals surface area contributed by atoms with Gasteiger partial charge in [0.25, 0.3) is 0 Å². The molecule has 0 saturated carbocycles. The molecule has 1 aliphatic heterocycles. The molecule has 82 valence electrons. The van der Waals surface area contributed by atoms with Gasteiger partial charge in [0.15, 0.2) is 0 Å². The van der Waals surface area contributed by atoms with Crippen LogP contribution in [0.25, 0.3) is 0 Å². The minimum absolute atomic E-state index is 0.153. The smallest absolute Gasteiger partial charge is 0.307 e. The lowest BCUT2D eigenvalue weighted by Gasteiger charge is -2.47. The molecule has 14 heavy (non-hydrogen) atoms. The van der Waals surface area contributed by atoms with Gasteiger partial charge >= 0.3 is 5.97 Å². The average Bonchev–Trinajstić information content (AvgIpc) is 2.02. The van der Waals surface area contributed by atoms with Crippen LogP contribution < -0.4 is 0 Å². The third-order valence-corrected chi connectivity index (χ3v) is 3.27. The van der Waals surface area contributed by atoms with Gasteiger partial charge in [-0.2, -0.15) is 0 Å². The van der Waals surface area contributed by atoms with Crippen LogP contribution in [0.4, 0.5) is 0 Å². The van der Waals surface area contributed by atoms with Crippen molar-refractivity contribution in [1.29, 1.82) is 0 Å². The summed E-state index contributed by atoms with van der Waals surface area (Å²) >= 11 is 0. The Morgan fingerprint density at radius 2 is 2.07 bits per heavy atom. The van der Waals surface area contributed by atoms with Crippen molar-refractivity contribution in [2.24, 2.45) is 5.92 Å². The van der Waals surface area contributed by atoms with Crippen molar-refractivity contribution >= 4 is 5.97 Å². The maximum atomic E-state index is 10.9. The Morgan fingerprint density at radius 1 is 1.50 bits per heavy atom. The van der Waals surface area contributed by atoms with E-state index in [0.29, 0.717) is 12.6 Å². The fraction of sp³-hybridized carbons (Fsp3) is 0.909. The van der Waals surface area contributed by atoms with Gasteiger partial charge in [-0.3, -0.25) is 9.69 Å². The van der Waals surface area contributed by atoms with Crippen molar-refractivity contribution < 1.29 is 9.90 Å². The predicted molar refractivity (Wildman–Crippen MR) is 56.3 cm³/mol. The summed E-state index contributed by atoms with van der Waals surface area (Å²) in [7, 11) is 0. The molecule has 0 aliphatic carbocycles. The van der Waals surface area contributed by atoms with Gasteiger partial charge in [-0.1, -0.05) is 0 Å². The highest BCUT2D eigenvalue weighted by molar-refractivity contribution is 5.70. The number of nitrogens with zero attached hydrogens (tertiary/aromatic N) is 1. The largest absolute Gasteiger partial charge is 0.481 e. The number of carboxylic acid groups (broad SMARTS) is 1. The summed E-state index contributed by atoms with van der Waals surface area (Å²) in [5.41, 5.74) is 0.153. The highest BCUT2D eigenvalue weighted by atomic mass is 16.4. The second-order valence-electron chi connectivity index (χ2n) is 5.13. The normalized spacial score (nSPS) is 27.9. The minimum Gasteiger partial charge on any atom is -0.481 e. The lowest BCUT2D eigenvalue weighted by atomic mass is 9.84. The molecule has 0 aromatic rings. The molecule has 1 atom stereocenters. The van der Waals surface area contributed by atoms with E-state index >= 15 is 0 Å². The Balaban J connectivity index is 2.72. The van der Waals surface area contributed by atoms with Crippen molar-refractivity contribution in [2.45, 2.75) is 52.1 Å². The van der Waals surface area contributed by atoms with E-state index in [1.165, 1.54) is 0 Å². The standard InChI is InChI=1S/C11H21NO2/c1-8(2)12-7-9(10(13)14)5-6-11(12,3)4/h8-9H,5-7H2,1-4H3,(H,13,14). The van der Waals surface area contributed by atoms with E-state index in [1.807, 2.05) is 0 Å². The van der Waals surface area contributed by atoms with Crippen LogP contribution in [0.2, 0.25) is 0 Å². The van der Waals surface area contributed by atoms with Crippen LogP contribution in [-0.2, 0) is 4.79 Å². The van der Waals surface area contributed by atoms with E-state index in [9.17, 15) is 4.79 Å². The zero-order valence-electron chi connectivity index (χ0n) is 9.58. The Hall–Kier alpha value is -0.570. The number of piperidine rings is 1. The fourth-order valence-electron chi connectivity index (χ4n) is 2.36. The third kappa shape index (κ3) is 2.27. The Bertz CT molecular complexity index is 223. The van der Waals surface area contributed by atoms with Crippen molar-refractivity contribution in [3.63, 3.8) is 0 Å². The van der Waals surface area contributed by atoms with E-state index in [4.69, 9.17) is 5.11 Å². The number of hydrogen-bond donors (Lipinski definition) is 1. The fourth-order valence-corrected chi connectivity index (χ4v) is 2.36. The maximum Gasteiger partial charge on any atom is 0.307 e. The summed E-state index contributed by atoms with van der Waals surface area (Å²) in [5, 5.41) is 8.98. The van der Waals surface area contributed by atoms with Crippen molar-refractivity contribution in [1.82, 2.24) is 4.90 Å². The molecule has 0 spiro atoms. The highest BCUT2D eigenvalue weighted by Crippen LogP contribution is 2.32. The zero-order chi connectivity index (χ0) is 10.9. The molecule has 1 fully saturated rings. The molecule has 0 aromatic heterocycles. The number of carboxylic acids is 1. The van der Waals surface area contributed by atoms with Crippen molar-refractivity contribution in [3.05, 3.63) is 0 Å². The predicted octanol–water partition coefficient (Wildman–Crippen LogP) is 1.97. The number of aliphatic carboxylic acids is 1. The first-order valence-corrected chi connectivity index (χ1v) is 5.34. The van der Waals surface area contributed by atoms with Gasteiger partial charge < -0.3 is 5.11 Å². The molecule has 0 aromatic carbocycles. The molecule has 3 nitrogen and oxygen atoms in total. The molecular formula is C11H21NO2. The summed E-state index contributed by atoms with van der Waals surface area (Å²) in [5.74, 6) is -0.823. The number of rotatable bonds is 2. The van der Waals surface area contributed by atoms with E-state index in [-0.39, 0.29) is 11.5 Å². The third-order valence-electron chi connectivity index (χ3n) is 3.27.